The van der Waals surface area contributed by atoms with Crippen LogP contribution in [0.4, 0.5) is 0 Å². The fourth-order valence-electron chi connectivity index (χ4n) is 4.42. The van der Waals surface area contributed by atoms with Gasteiger partial charge < -0.3 is 4.74 Å². The monoisotopic (exact) mass is 561 g/mol. The molecule has 1 aromatic heterocycles. The quantitative estimate of drug-likeness (QED) is 0.248. The van der Waals surface area contributed by atoms with E-state index in [2.05, 4.69) is 34.6 Å². The largest absolute Gasteiger partial charge is 0.493 e. The second-order valence-corrected chi connectivity index (χ2v) is 13.8. The van der Waals surface area contributed by atoms with Crippen molar-refractivity contribution in [3.63, 3.8) is 0 Å². The molecule has 0 bridgehead atoms. The van der Waals surface area contributed by atoms with E-state index in [1.54, 1.807) is 37.3 Å². The van der Waals surface area contributed by atoms with Crippen molar-refractivity contribution < 1.29 is 13.2 Å². The van der Waals surface area contributed by atoms with E-state index in [4.69, 9.17) is 9.72 Å². The minimum absolute atomic E-state index is 0.0969. The second-order valence-electron chi connectivity index (χ2n) is 11.8. The minimum atomic E-state index is -3.88. The van der Waals surface area contributed by atoms with Gasteiger partial charge in [-0.15, -0.1) is 0 Å². The second kappa shape index (κ2) is 11.2. The molecule has 0 aliphatic rings. The van der Waals surface area contributed by atoms with Gasteiger partial charge in [0.1, 0.15) is 11.6 Å². The number of aryl methyl sites for hydroxylation is 1. The summed E-state index contributed by atoms with van der Waals surface area (Å²) >= 11 is 0. The number of nitrogens with zero attached hydrogens (tertiary/aromatic N) is 3. The first-order valence-corrected chi connectivity index (χ1v) is 15.0. The minimum Gasteiger partial charge on any atom is -0.493 e. The third-order valence-corrected chi connectivity index (χ3v) is 9.00. The lowest BCUT2D eigenvalue weighted by Crippen LogP contribution is -2.35. The molecule has 0 spiro atoms. The van der Waals surface area contributed by atoms with Crippen molar-refractivity contribution in [3.05, 3.63) is 94.0 Å². The normalized spacial score (nSPS) is 13.2. The molecule has 1 atom stereocenters. The predicted molar refractivity (Wildman–Crippen MR) is 161 cm³/mol. The Morgan fingerprint density at radius 2 is 1.57 bits per heavy atom. The molecule has 212 valence electrons. The Morgan fingerprint density at radius 3 is 2.15 bits per heavy atom. The Hall–Kier alpha value is -3.49. The van der Waals surface area contributed by atoms with Gasteiger partial charge in [-0.1, -0.05) is 64.4 Å². The van der Waals surface area contributed by atoms with Gasteiger partial charge >= 0.3 is 0 Å². The molecule has 0 N–H and O–H groups in total. The van der Waals surface area contributed by atoms with Crippen LogP contribution >= 0.6 is 0 Å². The molecule has 0 saturated heterocycles. The molecular weight excluding hydrogens is 522 g/mol. The molecule has 7 nitrogen and oxygen atoms in total. The highest BCUT2D eigenvalue weighted by Gasteiger charge is 2.30. The summed E-state index contributed by atoms with van der Waals surface area (Å²) in [5.41, 5.74) is 2.80. The van der Waals surface area contributed by atoms with Crippen LogP contribution in [0, 0.1) is 12.8 Å². The Morgan fingerprint density at radius 1 is 0.950 bits per heavy atom. The number of rotatable bonds is 8. The number of hydrogen-bond donors (Lipinski definition) is 0. The van der Waals surface area contributed by atoms with Gasteiger partial charge in [0.2, 0.25) is 10.0 Å². The van der Waals surface area contributed by atoms with Gasteiger partial charge in [0, 0.05) is 7.05 Å². The molecule has 0 saturated carbocycles. The zero-order chi connectivity index (χ0) is 29.4. The Kier molecular flexibility index (Phi) is 8.24. The van der Waals surface area contributed by atoms with Crippen LogP contribution in [0.2, 0.25) is 0 Å². The number of ether oxygens (including phenoxy) is 1. The van der Waals surface area contributed by atoms with Gasteiger partial charge in [-0.3, -0.25) is 9.36 Å². The van der Waals surface area contributed by atoms with E-state index >= 15 is 0 Å². The molecular formula is C32H39N3O4S. The molecule has 1 heterocycles. The topological polar surface area (TPSA) is 81.5 Å². The average molecular weight is 562 g/mol. The molecule has 0 aliphatic carbocycles. The summed E-state index contributed by atoms with van der Waals surface area (Å²) in [6.07, 6.45) is 0. The maximum absolute atomic E-state index is 14.0. The van der Waals surface area contributed by atoms with E-state index in [1.165, 1.54) is 15.9 Å². The zero-order valence-electron chi connectivity index (χ0n) is 24.6. The molecule has 3 aromatic carbocycles. The SMILES string of the molecule is Cc1ccc(-n2c(C(C)N(C)S(=O)(=O)c3ccc(C(C)(C)C)cc3)nc3ccc(OCC(C)C)cc3c2=O)cc1. The molecule has 1 unspecified atom stereocenters. The maximum Gasteiger partial charge on any atom is 0.266 e. The molecule has 0 fully saturated rings. The van der Waals surface area contributed by atoms with E-state index in [9.17, 15) is 13.2 Å². The van der Waals surface area contributed by atoms with Gasteiger partial charge in [0.25, 0.3) is 5.56 Å². The zero-order valence-corrected chi connectivity index (χ0v) is 25.4. The number of sulfonamides is 1. The lowest BCUT2D eigenvalue weighted by molar-refractivity contribution is 0.271. The molecule has 40 heavy (non-hydrogen) atoms. The fraction of sp³-hybridized carbons (Fsp3) is 0.375. The smallest absolute Gasteiger partial charge is 0.266 e. The summed E-state index contributed by atoms with van der Waals surface area (Å²) in [7, 11) is -2.36. The number of fused-ring (bicyclic) bond motifs is 1. The third kappa shape index (κ3) is 5.98. The van der Waals surface area contributed by atoms with Crippen molar-refractivity contribution in [3.8, 4) is 11.4 Å². The molecule has 8 heteroatoms. The average Bonchev–Trinajstić information content (AvgIpc) is 2.91. The van der Waals surface area contributed by atoms with Gasteiger partial charge in [0.15, 0.2) is 0 Å². The van der Waals surface area contributed by atoms with E-state index in [0.717, 1.165) is 11.1 Å². The van der Waals surface area contributed by atoms with Gasteiger partial charge in [-0.25, -0.2) is 13.4 Å². The van der Waals surface area contributed by atoms with E-state index < -0.39 is 16.1 Å². The third-order valence-electron chi connectivity index (χ3n) is 7.06. The molecule has 0 aliphatic heterocycles. The first kappa shape index (κ1) is 29.5. The van der Waals surface area contributed by atoms with Gasteiger partial charge in [0.05, 0.1) is 34.1 Å². The summed E-state index contributed by atoms with van der Waals surface area (Å²) in [5, 5.41) is 0.404. The Balaban J connectivity index is 1.84. The van der Waals surface area contributed by atoms with E-state index in [-0.39, 0.29) is 15.9 Å². The van der Waals surface area contributed by atoms with Gasteiger partial charge in [-0.05, 0) is 73.2 Å². The van der Waals surface area contributed by atoms with Crippen LogP contribution in [-0.4, -0.2) is 35.9 Å². The highest BCUT2D eigenvalue weighted by Crippen LogP contribution is 2.29. The van der Waals surface area contributed by atoms with Crippen molar-refractivity contribution in [2.24, 2.45) is 5.92 Å². The molecule has 0 amide bonds. The van der Waals surface area contributed by atoms with Crippen molar-refractivity contribution >= 4 is 20.9 Å². The number of benzene rings is 3. The predicted octanol–water partition coefficient (Wildman–Crippen LogP) is 6.41. The first-order valence-electron chi connectivity index (χ1n) is 13.6. The van der Waals surface area contributed by atoms with E-state index in [0.29, 0.717) is 40.7 Å². The van der Waals surface area contributed by atoms with Crippen LogP contribution in [-0.2, 0) is 15.4 Å². The molecule has 4 aromatic rings. The first-order chi connectivity index (χ1) is 18.7. The van der Waals surface area contributed by atoms with Crippen molar-refractivity contribution in [2.75, 3.05) is 13.7 Å². The van der Waals surface area contributed by atoms with Gasteiger partial charge in [-0.2, -0.15) is 4.31 Å². The standard InChI is InChI=1S/C32H39N3O4S/c1-21(2)20-39-26-15-18-29-28(19-26)31(36)35(25-13-9-22(3)10-14-25)30(33-29)23(4)34(8)40(37,38)27-16-11-24(12-17-27)32(5,6)7/h9-19,21,23H,20H2,1-8H3. The van der Waals surface area contributed by atoms with Crippen LogP contribution in [0.5, 0.6) is 5.75 Å². The summed E-state index contributed by atoms with van der Waals surface area (Å²) in [6, 6.07) is 19.0. The molecule has 0 radical (unpaired) electrons. The van der Waals surface area contributed by atoms with Crippen molar-refractivity contribution in [1.29, 1.82) is 0 Å². The summed E-state index contributed by atoms with van der Waals surface area (Å²) in [4.78, 5) is 19.0. The summed E-state index contributed by atoms with van der Waals surface area (Å²) < 4.78 is 36.1. The van der Waals surface area contributed by atoms with Crippen LogP contribution < -0.4 is 10.3 Å². The maximum atomic E-state index is 14.0. The summed E-state index contributed by atoms with van der Waals surface area (Å²) in [6.45, 7) is 14.6. The fourth-order valence-corrected chi connectivity index (χ4v) is 5.75. The summed E-state index contributed by atoms with van der Waals surface area (Å²) in [5.74, 6) is 1.26. The van der Waals surface area contributed by atoms with E-state index in [1.807, 2.05) is 43.3 Å². The number of hydrogen-bond acceptors (Lipinski definition) is 5. The van der Waals surface area contributed by atoms with Crippen LogP contribution in [0.1, 0.15) is 64.5 Å². The van der Waals surface area contributed by atoms with Crippen molar-refractivity contribution in [2.45, 2.75) is 64.8 Å². The highest BCUT2D eigenvalue weighted by atomic mass is 32.2. The highest BCUT2D eigenvalue weighted by molar-refractivity contribution is 7.89. The van der Waals surface area contributed by atoms with Crippen LogP contribution in [0.15, 0.2) is 76.4 Å². The van der Waals surface area contributed by atoms with Crippen LogP contribution in [0.25, 0.3) is 16.6 Å². The van der Waals surface area contributed by atoms with Crippen molar-refractivity contribution in [1.82, 2.24) is 13.9 Å². The lowest BCUT2D eigenvalue weighted by Gasteiger charge is -2.27. The van der Waals surface area contributed by atoms with Crippen LogP contribution in [0.3, 0.4) is 0 Å². The Labute approximate surface area is 237 Å². The number of aromatic nitrogens is 2. The lowest BCUT2D eigenvalue weighted by atomic mass is 9.87. The molecule has 4 rings (SSSR count). The Bertz CT molecular complexity index is 1670.